The molecule has 2 aromatic rings. The van der Waals surface area contributed by atoms with Crippen molar-refractivity contribution in [3.8, 4) is 6.07 Å². The number of aryl methyl sites for hydroxylation is 1. The molecule has 0 bridgehead atoms. The molecule has 1 fully saturated rings. The number of hydrogen-bond donors (Lipinski definition) is 1. The summed E-state index contributed by atoms with van der Waals surface area (Å²) in [4.78, 5) is 6.52. The Morgan fingerprint density at radius 3 is 2.68 bits per heavy atom. The van der Waals surface area contributed by atoms with E-state index in [-0.39, 0.29) is 5.92 Å². The summed E-state index contributed by atoms with van der Waals surface area (Å²) in [6.07, 6.45) is 0.399. The third kappa shape index (κ3) is 2.81. The zero-order chi connectivity index (χ0) is 15.5. The zero-order valence-electron chi connectivity index (χ0n) is 12.6. The van der Waals surface area contributed by atoms with Crippen molar-refractivity contribution in [3.63, 3.8) is 0 Å². The van der Waals surface area contributed by atoms with Crippen LogP contribution in [0.1, 0.15) is 29.2 Å². The van der Waals surface area contributed by atoms with Crippen LogP contribution in [0.4, 0.5) is 5.82 Å². The van der Waals surface area contributed by atoms with E-state index in [9.17, 15) is 10.4 Å². The Hall–Kier alpha value is -2.38. The second-order valence-corrected chi connectivity index (χ2v) is 5.75. The molecule has 2 atom stereocenters. The van der Waals surface area contributed by atoms with Crippen LogP contribution in [0.15, 0.2) is 42.5 Å². The van der Waals surface area contributed by atoms with Crippen LogP contribution >= 0.6 is 0 Å². The van der Waals surface area contributed by atoms with E-state index >= 15 is 0 Å². The number of hydrogen-bond acceptors (Lipinski definition) is 4. The SMILES string of the molecule is Cc1ccc(C#N)c(N2CC[C@H](c3ccccc3)[C@H](O)C2)n1. The Bertz CT molecular complexity index is 693. The summed E-state index contributed by atoms with van der Waals surface area (Å²) in [5.74, 6) is 0.834. The summed E-state index contributed by atoms with van der Waals surface area (Å²) in [5.41, 5.74) is 2.62. The summed E-state index contributed by atoms with van der Waals surface area (Å²) >= 11 is 0. The minimum Gasteiger partial charge on any atom is -0.391 e. The Labute approximate surface area is 130 Å². The van der Waals surface area contributed by atoms with Gasteiger partial charge in [-0.1, -0.05) is 30.3 Å². The molecule has 0 amide bonds. The van der Waals surface area contributed by atoms with Crippen molar-refractivity contribution in [1.82, 2.24) is 4.98 Å². The first-order valence-electron chi connectivity index (χ1n) is 7.54. The van der Waals surface area contributed by atoms with E-state index < -0.39 is 6.10 Å². The van der Waals surface area contributed by atoms with Crippen molar-refractivity contribution in [1.29, 1.82) is 5.26 Å². The van der Waals surface area contributed by atoms with Crippen LogP contribution in [-0.2, 0) is 0 Å². The number of aliphatic hydroxyl groups is 1. The van der Waals surface area contributed by atoms with Crippen molar-refractivity contribution in [2.45, 2.75) is 25.4 Å². The maximum Gasteiger partial charge on any atom is 0.146 e. The molecule has 0 unspecified atom stereocenters. The van der Waals surface area contributed by atoms with Crippen LogP contribution in [0, 0.1) is 18.3 Å². The lowest BCUT2D eigenvalue weighted by Gasteiger charge is -2.37. The molecule has 4 heteroatoms. The fourth-order valence-corrected chi connectivity index (χ4v) is 3.08. The first-order valence-corrected chi connectivity index (χ1v) is 7.54. The lowest BCUT2D eigenvalue weighted by atomic mass is 9.87. The molecule has 1 aromatic heterocycles. The van der Waals surface area contributed by atoms with Gasteiger partial charge >= 0.3 is 0 Å². The van der Waals surface area contributed by atoms with Gasteiger partial charge < -0.3 is 10.0 Å². The molecule has 1 N–H and O–H groups in total. The maximum absolute atomic E-state index is 10.5. The van der Waals surface area contributed by atoms with E-state index in [4.69, 9.17) is 0 Å². The molecule has 1 aromatic carbocycles. The van der Waals surface area contributed by atoms with Crippen LogP contribution in [-0.4, -0.2) is 29.3 Å². The van der Waals surface area contributed by atoms with Crippen molar-refractivity contribution in [2.75, 3.05) is 18.0 Å². The van der Waals surface area contributed by atoms with Crippen LogP contribution in [0.5, 0.6) is 0 Å². The molecule has 0 radical (unpaired) electrons. The van der Waals surface area contributed by atoms with Crippen molar-refractivity contribution in [3.05, 3.63) is 59.3 Å². The monoisotopic (exact) mass is 293 g/mol. The average molecular weight is 293 g/mol. The first-order chi connectivity index (χ1) is 10.7. The van der Waals surface area contributed by atoms with Crippen LogP contribution < -0.4 is 4.90 Å². The molecule has 3 rings (SSSR count). The quantitative estimate of drug-likeness (QED) is 0.924. The lowest BCUT2D eigenvalue weighted by Crippen LogP contribution is -2.43. The smallest absolute Gasteiger partial charge is 0.146 e. The third-order valence-electron chi connectivity index (χ3n) is 4.24. The predicted octanol–water partition coefficient (Wildman–Crippen LogP) is 2.62. The van der Waals surface area contributed by atoms with E-state index in [0.717, 1.165) is 18.7 Å². The Kier molecular flexibility index (Phi) is 4.08. The zero-order valence-corrected chi connectivity index (χ0v) is 12.6. The highest BCUT2D eigenvalue weighted by Gasteiger charge is 2.30. The summed E-state index contributed by atoms with van der Waals surface area (Å²) in [6, 6.07) is 16.0. The number of piperidine rings is 1. The average Bonchev–Trinajstić information content (AvgIpc) is 2.55. The molecule has 0 aliphatic carbocycles. The maximum atomic E-state index is 10.5. The highest BCUT2D eigenvalue weighted by Crippen LogP contribution is 2.31. The molecule has 0 spiro atoms. The Morgan fingerprint density at radius 2 is 2.00 bits per heavy atom. The van der Waals surface area contributed by atoms with Gasteiger partial charge in [-0.15, -0.1) is 0 Å². The fraction of sp³-hybridized carbons (Fsp3) is 0.333. The number of benzene rings is 1. The number of aromatic nitrogens is 1. The van der Waals surface area contributed by atoms with Crippen LogP contribution in [0.2, 0.25) is 0 Å². The van der Waals surface area contributed by atoms with Gasteiger partial charge in [0.2, 0.25) is 0 Å². The summed E-state index contributed by atoms with van der Waals surface area (Å²) in [7, 11) is 0. The molecule has 1 saturated heterocycles. The summed E-state index contributed by atoms with van der Waals surface area (Å²) < 4.78 is 0. The summed E-state index contributed by atoms with van der Waals surface area (Å²) in [5, 5.41) is 19.8. The van der Waals surface area contributed by atoms with Crippen molar-refractivity contribution < 1.29 is 5.11 Å². The largest absolute Gasteiger partial charge is 0.391 e. The van der Waals surface area contributed by atoms with Crippen molar-refractivity contribution in [2.24, 2.45) is 0 Å². The number of nitrogens with zero attached hydrogens (tertiary/aromatic N) is 3. The lowest BCUT2D eigenvalue weighted by molar-refractivity contribution is 0.129. The number of anilines is 1. The van der Waals surface area contributed by atoms with Gasteiger partial charge in [0, 0.05) is 24.7 Å². The molecule has 0 saturated carbocycles. The first kappa shape index (κ1) is 14.6. The van der Waals surface area contributed by atoms with Gasteiger partial charge in [0.15, 0.2) is 0 Å². The van der Waals surface area contributed by atoms with Gasteiger partial charge in [-0.2, -0.15) is 5.26 Å². The second kappa shape index (κ2) is 6.17. The van der Waals surface area contributed by atoms with Crippen LogP contribution in [0.25, 0.3) is 0 Å². The van der Waals surface area contributed by atoms with Gasteiger partial charge in [-0.3, -0.25) is 0 Å². The molecule has 4 nitrogen and oxygen atoms in total. The topological polar surface area (TPSA) is 60.2 Å². The van der Waals surface area contributed by atoms with Gasteiger partial charge in [0.25, 0.3) is 0 Å². The Morgan fingerprint density at radius 1 is 1.23 bits per heavy atom. The molecule has 2 heterocycles. The number of pyridine rings is 1. The van der Waals surface area contributed by atoms with Gasteiger partial charge in [0.1, 0.15) is 11.9 Å². The van der Waals surface area contributed by atoms with Crippen LogP contribution in [0.3, 0.4) is 0 Å². The number of aliphatic hydroxyl groups excluding tert-OH is 1. The second-order valence-electron chi connectivity index (χ2n) is 5.75. The molecule has 1 aliphatic rings. The molecular formula is C18H19N3O. The Balaban J connectivity index is 1.81. The van der Waals surface area contributed by atoms with Gasteiger partial charge in [-0.05, 0) is 31.0 Å². The molecule has 22 heavy (non-hydrogen) atoms. The van der Waals surface area contributed by atoms with Gasteiger partial charge in [-0.25, -0.2) is 4.98 Å². The highest BCUT2D eigenvalue weighted by molar-refractivity contribution is 5.55. The molecular weight excluding hydrogens is 274 g/mol. The van der Waals surface area contributed by atoms with E-state index in [1.807, 2.05) is 36.1 Å². The van der Waals surface area contributed by atoms with E-state index in [1.54, 1.807) is 6.07 Å². The minimum absolute atomic E-state index is 0.146. The fourth-order valence-electron chi connectivity index (χ4n) is 3.08. The minimum atomic E-state index is -0.454. The third-order valence-corrected chi connectivity index (χ3v) is 4.24. The number of β-amino-alcohol motifs (C(OH)–C–C–N with tert-alkyl or cyclic N) is 1. The van der Waals surface area contributed by atoms with E-state index in [1.165, 1.54) is 5.56 Å². The van der Waals surface area contributed by atoms with Crippen molar-refractivity contribution >= 4 is 5.82 Å². The number of nitriles is 1. The van der Waals surface area contributed by atoms with E-state index in [2.05, 4.69) is 23.2 Å². The highest BCUT2D eigenvalue weighted by atomic mass is 16.3. The summed E-state index contributed by atoms with van der Waals surface area (Å²) in [6.45, 7) is 3.21. The molecule has 112 valence electrons. The van der Waals surface area contributed by atoms with Gasteiger partial charge in [0.05, 0.1) is 11.7 Å². The standard InChI is InChI=1S/C18H19N3O/c1-13-7-8-15(11-19)18(20-13)21-10-9-16(17(22)12-21)14-5-3-2-4-6-14/h2-8,16-17,22H,9-10,12H2,1H3/t16-,17-/m1/s1. The molecule has 1 aliphatic heterocycles. The van der Waals surface area contributed by atoms with E-state index in [0.29, 0.717) is 17.9 Å². The number of rotatable bonds is 2. The predicted molar refractivity (Wildman–Crippen MR) is 85.7 cm³/mol. The normalized spacial score (nSPS) is 21.4.